The molecule has 49 heavy (non-hydrogen) atoms. The van der Waals surface area contributed by atoms with Gasteiger partial charge in [-0.2, -0.15) is 0 Å². The highest BCUT2D eigenvalue weighted by Gasteiger charge is 2.21. The molecule has 0 bridgehead atoms. The van der Waals surface area contributed by atoms with Crippen LogP contribution in [-0.4, -0.2) is 9.55 Å². The first-order chi connectivity index (χ1) is 29.5. The van der Waals surface area contributed by atoms with Crippen LogP contribution in [0.4, 0.5) is 0 Å². The number of hydrogen-bond donors (Lipinski definition) is 0. The lowest BCUT2D eigenvalue weighted by atomic mass is 9.84. The van der Waals surface area contributed by atoms with Crippen molar-refractivity contribution in [1.82, 2.24) is 9.55 Å². The van der Waals surface area contributed by atoms with Gasteiger partial charge in [-0.15, -0.1) is 0 Å². The van der Waals surface area contributed by atoms with Crippen molar-refractivity contribution < 1.29 is 17.8 Å². The Morgan fingerprint density at radius 3 is 1.67 bits per heavy atom. The Labute approximate surface area is 304 Å². The minimum Gasteiger partial charge on any atom is -0.296 e. The Balaban J connectivity index is 1.52. The maximum Gasteiger partial charge on any atom is 0.114 e. The number of nitrogens with zero attached hydrogens (tertiary/aromatic N) is 2. The summed E-state index contributed by atoms with van der Waals surface area (Å²) in [6.07, 6.45) is -3.00. The van der Waals surface area contributed by atoms with E-state index in [0.29, 0.717) is 11.1 Å². The van der Waals surface area contributed by atoms with E-state index in [-0.39, 0.29) is 49.4 Å². The van der Waals surface area contributed by atoms with Crippen LogP contribution in [-0.2, 0) is 6.37 Å². The van der Waals surface area contributed by atoms with E-state index in [2.05, 4.69) is 4.98 Å². The summed E-state index contributed by atoms with van der Waals surface area (Å²) in [4.78, 5) is 4.51. The van der Waals surface area contributed by atoms with Gasteiger partial charge in [0.15, 0.2) is 0 Å². The van der Waals surface area contributed by atoms with Gasteiger partial charge in [-0.05, 0) is 96.9 Å². The van der Waals surface area contributed by atoms with Crippen molar-refractivity contribution in [3.8, 4) is 50.2 Å². The molecule has 9 aromatic rings. The zero-order valence-corrected chi connectivity index (χ0v) is 26.0. The monoisotopic (exact) mass is 639 g/mol. The summed E-state index contributed by atoms with van der Waals surface area (Å²) < 4.78 is 118. The van der Waals surface area contributed by atoms with E-state index in [4.69, 9.17) is 12.3 Å². The van der Waals surface area contributed by atoms with Gasteiger partial charge in [-0.3, -0.25) is 4.57 Å². The van der Waals surface area contributed by atoms with Crippen LogP contribution in [0.2, 0.25) is 0 Å². The van der Waals surface area contributed by atoms with Gasteiger partial charge in [-0.25, -0.2) is 4.98 Å². The Kier molecular flexibility index (Phi) is 4.52. The van der Waals surface area contributed by atoms with E-state index < -0.39 is 67.4 Å². The average Bonchev–Trinajstić information content (AvgIpc) is 3.68. The molecule has 0 fully saturated rings. The van der Waals surface area contributed by atoms with Gasteiger partial charge in [0.2, 0.25) is 0 Å². The topological polar surface area (TPSA) is 17.8 Å². The molecular formula is C47H34N2. The van der Waals surface area contributed by atoms with Crippen LogP contribution >= 0.6 is 0 Å². The van der Waals surface area contributed by atoms with Gasteiger partial charge in [0.05, 0.1) is 27.7 Å². The van der Waals surface area contributed by atoms with Crippen LogP contribution in [0.1, 0.15) is 30.5 Å². The summed E-state index contributed by atoms with van der Waals surface area (Å²) in [5.74, 6) is -0.452. The highest BCUT2D eigenvalue weighted by Crippen LogP contribution is 2.46. The van der Waals surface area contributed by atoms with Crippen molar-refractivity contribution in [2.45, 2.75) is 13.2 Å². The maximum atomic E-state index is 9.59. The molecule has 2 heteroatoms. The number of aromatic nitrogens is 2. The normalized spacial score (nSPS) is 15.8. The summed E-state index contributed by atoms with van der Waals surface area (Å²) in [6.45, 7) is -3.17. The molecule has 0 spiro atoms. The van der Waals surface area contributed by atoms with E-state index in [1.807, 2.05) is 78.9 Å². The van der Waals surface area contributed by atoms with Gasteiger partial charge in [-0.1, -0.05) is 146 Å². The number of para-hydroxylation sites is 3. The molecule has 0 aliphatic carbocycles. The maximum absolute atomic E-state index is 9.59. The molecule has 0 unspecified atom stereocenters. The number of benzene rings is 8. The van der Waals surface area contributed by atoms with E-state index in [1.165, 1.54) is 4.57 Å². The summed E-state index contributed by atoms with van der Waals surface area (Å²) in [7, 11) is 0. The Hall–Kier alpha value is -6.25. The predicted octanol–water partition coefficient (Wildman–Crippen LogP) is 12.6. The van der Waals surface area contributed by atoms with Crippen molar-refractivity contribution >= 4 is 32.6 Å². The number of aryl methyl sites for hydroxylation is 1. The van der Waals surface area contributed by atoms with Gasteiger partial charge >= 0.3 is 0 Å². The molecule has 0 aliphatic heterocycles. The number of fused-ring (bicyclic) bond motifs is 3. The molecule has 0 radical (unpaired) electrons. The molecule has 1 aromatic heterocycles. The summed E-state index contributed by atoms with van der Waals surface area (Å²) in [5, 5.41) is -0.105. The fourth-order valence-corrected chi connectivity index (χ4v) is 6.78. The number of imidazole rings is 1. The third-order valence-corrected chi connectivity index (χ3v) is 8.90. The van der Waals surface area contributed by atoms with Crippen LogP contribution in [0.3, 0.4) is 0 Å². The third-order valence-electron chi connectivity index (χ3n) is 8.90. The van der Waals surface area contributed by atoms with Gasteiger partial charge in [0, 0.05) is 18.8 Å². The molecule has 0 N–H and O–H groups in total. The highest BCUT2D eigenvalue weighted by molar-refractivity contribution is 6.22. The molecule has 0 atom stereocenters. The predicted molar refractivity (Wildman–Crippen MR) is 207 cm³/mol. The lowest BCUT2D eigenvalue weighted by Crippen LogP contribution is -2.03. The summed E-state index contributed by atoms with van der Waals surface area (Å²) in [6, 6.07) is 33.9. The SMILES string of the molecule is [2H]c1c([2H])c([2H])c2c(-c3ccccc3-n3c(C([2H])([2H])C([2H])([2H])[2H])nc4ccccc43)c3c([2H])c([2H])c([2H])c([2H])c3c(-c3cc(-c4ccccc4)cc(-c4ccccc4)c3)c2c1[2H]. The smallest absolute Gasteiger partial charge is 0.114 e. The van der Waals surface area contributed by atoms with Crippen molar-refractivity contribution in [2.75, 3.05) is 0 Å². The molecule has 8 aromatic carbocycles. The van der Waals surface area contributed by atoms with Crippen LogP contribution in [0, 0.1) is 0 Å². The van der Waals surface area contributed by atoms with Crippen molar-refractivity contribution in [3.05, 3.63) is 182 Å². The molecule has 0 saturated heterocycles. The van der Waals surface area contributed by atoms with Crippen LogP contribution in [0.25, 0.3) is 82.8 Å². The van der Waals surface area contributed by atoms with Gasteiger partial charge in [0.1, 0.15) is 5.82 Å². The Bertz CT molecular complexity index is 3150. The highest BCUT2D eigenvalue weighted by atomic mass is 15.1. The second kappa shape index (κ2) is 12.1. The third kappa shape index (κ3) is 4.92. The first-order valence-corrected chi connectivity index (χ1v) is 15.8. The first-order valence-electron chi connectivity index (χ1n) is 22.3. The quantitative estimate of drug-likeness (QED) is 0.166. The van der Waals surface area contributed by atoms with Crippen molar-refractivity contribution in [3.63, 3.8) is 0 Å². The molecule has 9 rings (SSSR count). The first kappa shape index (κ1) is 18.3. The van der Waals surface area contributed by atoms with Gasteiger partial charge < -0.3 is 0 Å². The largest absolute Gasteiger partial charge is 0.296 e. The van der Waals surface area contributed by atoms with Crippen molar-refractivity contribution in [2.24, 2.45) is 0 Å². The summed E-state index contributed by atoms with van der Waals surface area (Å²) >= 11 is 0. The minimum atomic E-state index is -3.17. The fraction of sp³-hybridized carbons (Fsp3) is 0.0426. The average molecular weight is 640 g/mol. The second-order valence-electron chi connectivity index (χ2n) is 11.7. The van der Waals surface area contributed by atoms with Crippen LogP contribution in [0.15, 0.2) is 176 Å². The number of hydrogen-bond acceptors (Lipinski definition) is 1. The molecule has 2 nitrogen and oxygen atoms in total. The second-order valence-corrected chi connectivity index (χ2v) is 11.7. The lowest BCUT2D eigenvalue weighted by molar-refractivity contribution is 0.909. The minimum absolute atomic E-state index is 0.00362. The number of rotatable bonds is 6. The zero-order chi connectivity index (χ0) is 44.0. The molecule has 232 valence electrons. The molecule has 0 amide bonds. The molecule has 0 aliphatic rings. The van der Waals surface area contributed by atoms with Crippen LogP contribution < -0.4 is 0 Å². The Morgan fingerprint density at radius 1 is 0.551 bits per heavy atom. The fourth-order valence-electron chi connectivity index (χ4n) is 6.78. The lowest BCUT2D eigenvalue weighted by Gasteiger charge is -2.21. The Morgan fingerprint density at radius 2 is 1.06 bits per heavy atom. The van der Waals surface area contributed by atoms with E-state index >= 15 is 0 Å². The van der Waals surface area contributed by atoms with Crippen LogP contribution in [0.5, 0.6) is 0 Å². The van der Waals surface area contributed by atoms with Crippen molar-refractivity contribution in [1.29, 1.82) is 0 Å². The van der Waals surface area contributed by atoms with E-state index in [1.54, 1.807) is 48.5 Å². The zero-order valence-electron chi connectivity index (χ0n) is 39.0. The molecular weight excluding hydrogens is 593 g/mol. The standard InChI is InChI=1S/C47H34N2/c1-2-45-48-42-26-14-16-28-44(42)49(45)43-27-15-13-25-41(43)47-39-23-11-9-21-37(39)46(38-22-10-12-24-40(38)47)36-30-34(32-17-5-3-6-18-32)29-35(31-36)33-19-7-4-8-20-33/h3-31H,2H2,1H3/i1D3,2D2,9D,10D,11D,12D,21D,22D,23D,24D. The summed E-state index contributed by atoms with van der Waals surface area (Å²) in [5.41, 5.74) is 4.77. The molecule has 0 saturated carbocycles. The van der Waals surface area contributed by atoms with Gasteiger partial charge in [0.25, 0.3) is 0 Å². The van der Waals surface area contributed by atoms with E-state index in [0.717, 1.165) is 22.3 Å². The van der Waals surface area contributed by atoms with E-state index in [9.17, 15) is 5.48 Å². The molecule has 1 heterocycles.